The Labute approximate surface area is 175 Å². The number of imidazole rings is 1. The fourth-order valence-electron chi connectivity index (χ4n) is 2.63. The number of aryl methyl sites for hydroxylation is 1. The third kappa shape index (κ3) is 5.35. The number of carbonyl (C=O) groups is 3. The standard InChI is InChI=1S/C19H19N5O5S/c1-2-10-3-5-11(6-4-10)21-18(26)24-17-15(16(20)25)22-13(23-17)9-12-7-8-14(30-12)29-19(27)28/h3-8H,2,9H2,1H3,(H2,20,25)(H,22,23)(H,27,28)(H2,21,24,26). The van der Waals surface area contributed by atoms with Gasteiger partial charge in [0.15, 0.2) is 10.9 Å². The van der Waals surface area contributed by atoms with E-state index >= 15 is 0 Å². The van der Waals surface area contributed by atoms with Crippen LogP contribution in [0.1, 0.15) is 33.7 Å². The molecule has 0 atom stereocenters. The van der Waals surface area contributed by atoms with Crippen LogP contribution in [-0.2, 0) is 12.8 Å². The van der Waals surface area contributed by atoms with E-state index in [1.807, 2.05) is 19.1 Å². The number of rotatable bonds is 7. The number of H-pyrrole nitrogens is 1. The Kier molecular flexibility index (Phi) is 6.32. The molecule has 2 heterocycles. The van der Waals surface area contributed by atoms with Crippen molar-refractivity contribution in [3.8, 4) is 5.06 Å². The number of aromatic nitrogens is 2. The highest BCUT2D eigenvalue weighted by Crippen LogP contribution is 2.27. The molecule has 0 saturated heterocycles. The lowest BCUT2D eigenvalue weighted by molar-refractivity contribution is 0.0996. The van der Waals surface area contributed by atoms with Gasteiger partial charge in [-0.1, -0.05) is 19.1 Å². The zero-order valence-electron chi connectivity index (χ0n) is 15.9. The topological polar surface area (TPSA) is 159 Å². The number of aromatic amines is 1. The van der Waals surface area contributed by atoms with E-state index in [2.05, 4.69) is 25.3 Å². The number of nitrogens with one attached hydrogen (secondary N) is 3. The van der Waals surface area contributed by atoms with Crippen molar-refractivity contribution in [2.24, 2.45) is 5.73 Å². The third-order valence-electron chi connectivity index (χ3n) is 4.02. The summed E-state index contributed by atoms with van der Waals surface area (Å²) in [4.78, 5) is 42.4. The molecule has 0 saturated carbocycles. The maximum atomic E-state index is 12.3. The molecule has 0 radical (unpaired) electrons. The zero-order valence-corrected chi connectivity index (χ0v) is 16.7. The predicted octanol–water partition coefficient (Wildman–Crippen LogP) is 3.42. The van der Waals surface area contributed by atoms with E-state index in [1.165, 1.54) is 6.07 Å². The van der Waals surface area contributed by atoms with Gasteiger partial charge < -0.3 is 25.9 Å². The molecule has 0 aliphatic carbocycles. The van der Waals surface area contributed by atoms with Gasteiger partial charge in [0.05, 0.1) is 0 Å². The van der Waals surface area contributed by atoms with Crippen LogP contribution in [0.15, 0.2) is 36.4 Å². The van der Waals surface area contributed by atoms with Gasteiger partial charge in [-0.15, -0.1) is 11.3 Å². The van der Waals surface area contributed by atoms with Gasteiger partial charge in [0.2, 0.25) is 0 Å². The molecular weight excluding hydrogens is 410 g/mol. The number of carbonyl (C=O) groups excluding carboxylic acids is 2. The number of hydrogen-bond donors (Lipinski definition) is 5. The number of urea groups is 1. The molecule has 0 aliphatic rings. The van der Waals surface area contributed by atoms with Crippen molar-refractivity contribution in [2.45, 2.75) is 19.8 Å². The Morgan fingerprint density at radius 3 is 2.53 bits per heavy atom. The number of carboxylic acid groups (broad SMARTS) is 1. The first kappa shape index (κ1) is 20.9. The molecule has 30 heavy (non-hydrogen) atoms. The van der Waals surface area contributed by atoms with Crippen LogP contribution >= 0.6 is 11.3 Å². The molecule has 11 heteroatoms. The van der Waals surface area contributed by atoms with Crippen molar-refractivity contribution >= 4 is 40.9 Å². The molecule has 0 unspecified atom stereocenters. The van der Waals surface area contributed by atoms with E-state index in [9.17, 15) is 14.4 Å². The maximum absolute atomic E-state index is 12.3. The van der Waals surface area contributed by atoms with Gasteiger partial charge in [0.1, 0.15) is 11.5 Å². The SMILES string of the molecule is CCc1ccc(NC(=O)Nc2nc(Cc3ccc(OC(=O)O)s3)[nH]c2C(N)=O)cc1. The Bertz CT molecular complexity index is 1070. The molecule has 3 amide bonds. The van der Waals surface area contributed by atoms with E-state index in [0.717, 1.165) is 28.2 Å². The van der Waals surface area contributed by atoms with Crippen molar-refractivity contribution in [1.82, 2.24) is 9.97 Å². The minimum absolute atomic E-state index is 0.00116. The first-order valence-electron chi connectivity index (χ1n) is 8.89. The minimum atomic E-state index is -1.40. The van der Waals surface area contributed by atoms with Crippen LogP contribution in [0.4, 0.5) is 21.1 Å². The number of amides is 3. The summed E-state index contributed by atoms with van der Waals surface area (Å²) in [5.41, 5.74) is 7.06. The van der Waals surface area contributed by atoms with Crippen LogP contribution in [0, 0.1) is 0 Å². The molecule has 156 valence electrons. The first-order valence-corrected chi connectivity index (χ1v) is 9.70. The lowest BCUT2D eigenvalue weighted by Gasteiger charge is -2.07. The summed E-state index contributed by atoms with van der Waals surface area (Å²) >= 11 is 1.12. The molecule has 0 bridgehead atoms. The number of hydrogen-bond acceptors (Lipinski definition) is 6. The minimum Gasteiger partial charge on any atom is -0.449 e. The lowest BCUT2D eigenvalue weighted by Crippen LogP contribution is -2.22. The quantitative estimate of drug-likeness (QED) is 0.362. The van der Waals surface area contributed by atoms with Crippen molar-refractivity contribution < 1.29 is 24.2 Å². The van der Waals surface area contributed by atoms with Crippen LogP contribution in [0.3, 0.4) is 0 Å². The van der Waals surface area contributed by atoms with Gasteiger partial charge in [-0.25, -0.2) is 14.6 Å². The number of nitrogens with two attached hydrogens (primary N) is 1. The summed E-state index contributed by atoms with van der Waals surface area (Å²) in [5.74, 6) is -0.411. The molecular formula is C19H19N5O5S. The number of benzene rings is 1. The van der Waals surface area contributed by atoms with E-state index in [0.29, 0.717) is 11.5 Å². The van der Waals surface area contributed by atoms with Crippen LogP contribution < -0.4 is 21.1 Å². The average molecular weight is 429 g/mol. The summed E-state index contributed by atoms with van der Waals surface area (Å²) in [6.45, 7) is 2.03. The molecule has 6 N–H and O–H groups in total. The highest BCUT2D eigenvalue weighted by atomic mass is 32.1. The molecule has 2 aromatic heterocycles. The fourth-order valence-corrected chi connectivity index (χ4v) is 3.48. The highest BCUT2D eigenvalue weighted by Gasteiger charge is 2.18. The molecule has 0 fully saturated rings. The van der Waals surface area contributed by atoms with E-state index in [-0.39, 0.29) is 23.0 Å². The van der Waals surface area contributed by atoms with Gasteiger partial charge >= 0.3 is 12.2 Å². The molecule has 0 spiro atoms. The lowest BCUT2D eigenvalue weighted by atomic mass is 10.1. The number of primary amides is 1. The largest absolute Gasteiger partial charge is 0.512 e. The normalized spacial score (nSPS) is 10.4. The Hall–Kier alpha value is -3.86. The van der Waals surface area contributed by atoms with Crippen LogP contribution in [0.25, 0.3) is 0 Å². The second kappa shape index (κ2) is 9.09. The van der Waals surface area contributed by atoms with Crippen molar-refractivity contribution in [3.63, 3.8) is 0 Å². The zero-order chi connectivity index (χ0) is 21.7. The second-order valence-corrected chi connectivity index (χ2v) is 7.30. The number of nitrogens with zero attached hydrogens (tertiary/aromatic N) is 1. The van der Waals surface area contributed by atoms with E-state index in [4.69, 9.17) is 10.8 Å². The first-order chi connectivity index (χ1) is 14.3. The highest BCUT2D eigenvalue weighted by molar-refractivity contribution is 7.13. The second-order valence-electron chi connectivity index (χ2n) is 6.17. The van der Waals surface area contributed by atoms with Crippen molar-refractivity contribution in [2.75, 3.05) is 10.6 Å². The molecule has 3 aromatic rings. The summed E-state index contributed by atoms with van der Waals surface area (Å²) in [6.07, 6.45) is -0.256. The Balaban J connectivity index is 1.70. The maximum Gasteiger partial charge on any atom is 0.512 e. The Morgan fingerprint density at radius 2 is 1.90 bits per heavy atom. The number of anilines is 2. The fraction of sp³-hybridized carbons (Fsp3) is 0.158. The van der Waals surface area contributed by atoms with Crippen LogP contribution in [0.5, 0.6) is 5.06 Å². The monoisotopic (exact) mass is 429 g/mol. The molecule has 3 rings (SSSR count). The van der Waals surface area contributed by atoms with E-state index in [1.54, 1.807) is 18.2 Å². The summed E-state index contributed by atoms with van der Waals surface area (Å²) < 4.78 is 4.59. The summed E-state index contributed by atoms with van der Waals surface area (Å²) in [5, 5.41) is 14.0. The van der Waals surface area contributed by atoms with E-state index < -0.39 is 18.1 Å². The third-order valence-corrected chi connectivity index (χ3v) is 4.98. The Morgan fingerprint density at radius 1 is 1.17 bits per heavy atom. The molecule has 1 aromatic carbocycles. The van der Waals surface area contributed by atoms with Gasteiger partial charge in [-0.05, 0) is 36.2 Å². The van der Waals surface area contributed by atoms with Crippen molar-refractivity contribution in [3.05, 3.63) is 58.4 Å². The van der Waals surface area contributed by atoms with Gasteiger partial charge in [-0.2, -0.15) is 0 Å². The summed E-state index contributed by atoms with van der Waals surface area (Å²) in [6, 6.07) is 9.97. The van der Waals surface area contributed by atoms with Gasteiger partial charge in [0.25, 0.3) is 5.91 Å². The van der Waals surface area contributed by atoms with Crippen LogP contribution in [0.2, 0.25) is 0 Å². The summed E-state index contributed by atoms with van der Waals surface area (Å²) in [7, 11) is 0. The molecule has 10 nitrogen and oxygen atoms in total. The molecule has 0 aliphatic heterocycles. The van der Waals surface area contributed by atoms with Crippen LogP contribution in [-0.4, -0.2) is 33.2 Å². The predicted molar refractivity (Wildman–Crippen MR) is 111 cm³/mol. The average Bonchev–Trinajstić information content (AvgIpc) is 3.28. The smallest absolute Gasteiger partial charge is 0.449 e. The van der Waals surface area contributed by atoms with Gasteiger partial charge in [0, 0.05) is 17.0 Å². The number of thiophene rings is 1. The number of ether oxygens (including phenoxy) is 1. The van der Waals surface area contributed by atoms with Gasteiger partial charge in [-0.3, -0.25) is 10.1 Å². The van der Waals surface area contributed by atoms with Crippen molar-refractivity contribution in [1.29, 1.82) is 0 Å².